The van der Waals surface area contributed by atoms with E-state index in [2.05, 4.69) is 0 Å². The molecule has 5 nitrogen and oxygen atoms in total. The standard InChI is InChI=1S/C23H35O5P/c1-14(29(26,27)28)21(15-8-10-19(24)17(12-15)22(2,3)4)16-9-11-20(25)18(13-16)23(5,6)7/h8-14,21,24-29H,1-7H3. The molecule has 0 saturated carbocycles. The Hall–Kier alpha value is -1.65. The normalized spacial score (nSPS) is 14.9. The topological polar surface area (TPSA) is 101 Å². The Morgan fingerprint density at radius 3 is 1.31 bits per heavy atom. The van der Waals surface area contributed by atoms with E-state index in [0.717, 1.165) is 22.3 Å². The van der Waals surface area contributed by atoms with Crippen LogP contribution in [-0.4, -0.2) is 30.6 Å². The molecule has 29 heavy (non-hydrogen) atoms. The number of hydrogen-bond acceptors (Lipinski definition) is 5. The molecule has 1 atom stereocenters. The molecular weight excluding hydrogens is 387 g/mol. The monoisotopic (exact) mass is 422 g/mol. The fraction of sp³-hybridized carbons (Fsp3) is 0.478. The van der Waals surface area contributed by atoms with Gasteiger partial charge in [0, 0.05) is 0 Å². The Balaban J connectivity index is 2.74. The van der Waals surface area contributed by atoms with Crippen LogP contribution in [0.25, 0.3) is 0 Å². The molecule has 0 heterocycles. The molecule has 0 aliphatic rings. The van der Waals surface area contributed by atoms with Crippen LogP contribution < -0.4 is 0 Å². The minimum absolute atomic E-state index is 0.175. The van der Waals surface area contributed by atoms with Gasteiger partial charge in [-0.1, -0.05) is 0 Å². The molecule has 0 aromatic heterocycles. The summed E-state index contributed by atoms with van der Waals surface area (Å²) in [6.07, 6.45) is 0. The number of aromatic hydroxyl groups is 2. The third kappa shape index (κ3) is 5.29. The molecule has 162 valence electrons. The van der Waals surface area contributed by atoms with Gasteiger partial charge in [-0.3, -0.25) is 0 Å². The maximum atomic E-state index is 10.3. The summed E-state index contributed by atoms with van der Waals surface area (Å²) in [6.45, 7) is 13.6. The van der Waals surface area contributed by atoms with Gasteiger partial charge in [-0.25, -0.2) is 0 Å². The molecule has 0 radical (unpaired) electrons. The van der Waals surface area contributed by atoms with Crippen LogP contribution in [0.2, 0.25) is 0 Å². The Morgan fingerprint density at radius 1 is 0.690 bits per heavy atom. The fourth-order valence-electron chi connectivity index (χ4n) is 3.69. The molecule has 0 amide bonds. The van der Waals surface area contributed by atoms with E-state index in [1.165, 1.54) is 0 Å². The second kappa shape index (κ2) is 7.88. The number of hydrogen-bond donors (Lipinski definition) is 5. The van der Waals surface area contributed by atoms with Crippen molar-refractivity contribution in [2.75, 3.05) is 0 Å². The summed E-state index contributed by atoms with van der Waals surface area (Å²) >= 11 is 0. The van der Waals surface area contributed by atoms with Crippen molar-refractivity contribution in [1.82, 2.24) is 0 Å². The molecule has 6 heteroatoms. The molecule has 0 aliphatic carbocycles. The van der Waals surface area contributed by atoms with Crippen LogP contribution in [0.3, 0.4) is 0 Å². The van der Waals surface area contributed by atoms with Crippen molar-refractivity contribution >= 4 is 7.94 Å². The molecule has 2 aromatic carbocycles. The van der Waals surface area contributed by atoms with Gasteiger partial charge in [-0.05, 0) is 0 Å². The van der Waals surface area contributed by atoms with E-state index >= 15 is 0 Å². The summed E-state index contributed by atoms with van der Waals surface area (Å²) in [6, 6.07) is 10.4. The van der Waals surface area contributed by atoms with Crippen LogP contribution in [0, 0.1) is 0 Å². The van der Waals surface area contributed by atoms with Crippen LogP contribution in [0.5, 0.6) is 11.5 Å². The van der Waals surface area contributed by atoms with Gasteiger partial charge in [0.05, 0.1) is 0 Å². The van der Waals surface area contributed by atoms with Gasteiger partial charge >= 0.3 is 174 Å². The number of phenolic OH excluding ortho intramolecular Hbond substituents is 2. The van der Waals surface area contributed by atoms with Crippen LogP contribution in [0.1, 0.15) is 76.6 Å². The number of rotatable bonds is 4. The SMILES string of the molecule is CC(C(c1ccc(O)c(C(C)(C)C)c1)c1ccc(O)c(C(C)(C)C)c1)[PH](O)(O)O. The Labute approximate surface area is 174 Å². The van der Waals surface area contributed by atoms with Gasteiger partial charge in [0.15, 0.2) is 0 Å². The van der Waals surface area contributed by atoms with E-state index in [1.54, 1.807) is 31.2 Å². The van der Waals surface area contributed by atoms with Crippen LogP contribution in [0.4, 0.5) is 0 Å². The maximum absolute atomic E-state index is 10.3. The van der Waals surface area contributed by atoms with Crippen molar-refractivity contribution in [3.63, 3.8) is 0 Å². The van der Waals surface area contributed by atoms with Crippen molar-refractivity contribution in [3.05, 3.63) is 58.7 Å². The Bertz CT molecular complexity index is 809. The zero-order chi connectivity index (χ0) is 22.4. The van der Waals surface area contributed by atoms with Crippen LogP contribution >= 0.6 is 7.94 Å². The Morgan fingerprint density at radius 2 is 1.03 bits per heavy atom. The summed E-state index contributed by atoms with van der Waals surface area (Å²) in [5.41, 5.74) is 1.54. The van der Waals surface area contributed by atoms with E-state index in [9.17, 15) is 24.9 Å². The first-order valence-electron chi connectivity index (χ1n) is 9.87. The molecule has 0 fully saturated rings. The number of benzene rings is 2. The van der Waals surface area contributed by atoms with Crippen LogP contribution in [-0.2, 0) is 10.8 Å². The summed E-state index contributed by atoms with van der Waals surface area (Å²) in [5.74, 6) is -0.173. The van der Waals surface area contributed by atoms with Gasteiger partial charge in [-0.15, -0.1) is 0 Å². The second-order valence-corrected chi connectivity index (χ2v) is 12.3. The molecule has 1 unspecified atom stereocenters. The summed E-state index contributed by atoms with van der Waals surface area (Å²) in [5, 5.41) is 20.7. The van der Waals surface area contributed by atoms with Gasteiger partial charge in [-0.2, -0.15) is 0 Å². The second-order valence-electron chi connectivity index (χ2n) is 10.0. The average molecular weight is 423 g/mol. The van der Waals surface area contributed by atoms with Gasteiger partial charge in [0.2, 0.25) is 0 Å². The quantitative estimate of drug-likeness (QED) is 0.461. The van der Waals surface area contributed by atoms with E-state index in [4.69, 9.17) is 0 Å². The minimum atomic E-state index is -4.47. The van der Waals surface area contributed by atoms with Crippen molar-refractivity contribution in [1.29, 1.82) is 0 Å². The number of phenols is 2. The zero-order valence-electron chi connectivity index (χ0n) is 18.4. The summed E-state index contributed by atoms with van der Waals surface area (Å²) < 4.78 is 0. The van der Waals surface area contributed by atoms with Crippen molar-refractivity contribution < 1.29 is 24.9 Å². The first-order valence-corrected chi connectivity index (χ1v) is 11.8. The first-order chi connectivity index (χ1) is 13.0. The molecule has 0 spiro atoms. The van der Waals surface area contributed by atoms with Crippen molar-refractivity contribution in [2.45, 2.75) is 70.9 Å². The van der Waals surface area contributed by atoms with E-state index in [0.29, 0.717) is 0 Å². The molecular formula is C23H35O5P. The Kier molecular flexibility index (Phi) is 6.42. The van der Waals surface area contributed by atoms with Gasteiger partial charge < -0.3 is 0 Å². The van der Waals surface area contributed by atoms with Gasteiger partial charge in [0.1, 0.15) is 0 Å². The van der Waals surface area contributed by atoms with E-state index in [-0.39, 0.29) is 22.3 Å². The molecule has 0 bridgehead atoms. The molecule has 2 aromatic rings. The predicted molar refractivity (Wildman–Crippen MR) is 120 cm³/mol. The molecule has 0 aliphatic heterocycles. The predicted octanol–water partition coefficient (Wildman–Crippen LogP) is 4.69. The summed E-state index contributed by atoms with van der Waals surface area (Å²) in [4.78, 5) is 30.3. The van der Waals surface area contributed by atoms with Gasteiger partial charge in [0.25, 0.3) is 0 Å². The molecule has 0 saturated heterocycles. The van der Waals surface area contributed by atoms with E-state index in [1.807, 2.05) is 53.7 Å². The van der Waals surface area contributed by atoms with E-state index < -0.39 is 19.5 Å². The summed E-state index contributed by atoms with van der Waals surface area (Å²) in [7, 11) is -4.47. The molecule has 5 N–H and O–H groups in total. The zero-order valence-corrected chi connectivity index (χ0v) is 19.4. The average Bonchev–Trinajstić information content (AvgIpc) is 2.54. The molecule has 2 rings (SSSR count). The third-order valence-electron chi connectivity index (χ3n) is 5.49. The fourth-order valence-corrected chi connectivity index (χ4v) is 4.52. The third-order valence-corrected chi connectivity index (χ3v) is 7.04. The van der Waals surface area contributed by atoms with Crippen LogP contribution in [0.15, 0.2) is 36.4 Å². The first kappa shape index (κ1) is 23.6. The van der Waals surface area contributed by atoms with Crippen molar-refractivity contribution in [2.24, 2.45) is 0 Å². The van der Waals surface area contributed by atoms with Crippen molar-refractivity contribution in [3.8, 4) is 11.5 Å².